The predicted molar refractivity (Wildman–Crippen MR) is 51.1 cm³/mol. The molecular formula is C11H16O2. The summed E-state index contributed by atoms with van der Waals surface area (Å²) < 4.78 is 0. The summed E-state index contributed by atoms with van der Waals surface area (Å²) in [7, 11) is 0. The largest absolute Gasteiger partial charge is 0.382 e. The van der Waals surface area contributed by atoms with Crippen LogP contribution in [0.4, 0.5) is 0 Å². The third kappa shape index (κ3) is 2.57. The zero-order valence-electron chi connectivity index (χ0n) is 8.10. The Morgan fingerprint density at radius 3 is 2.62 bits per heavy atom. The molecule has 0 aromatic rings. The van der Waals surface area contributed by atoms with Gasteiger partial charge in [0.25, 0.3) is 0 Å². The van der Waals surface area contributed by atoms with Crippen LogP contribution in [0, 0.1) is 11.8 Å². The quantitative estimate of drug-likeness (QED) is 0.671. The van der Waals surface area contributed by atoms with E-state index in [1.165, 1.54) is 0 Å². The summed E-state index contributed by atoms with van der Waals surface area (Å²) in [6, 6.07) is 0. The van der Waals surface area contributed by atoms with E-state index in [4.69, 9.17) is 0 Å². The van der Waals surface area contributed by atoms with Gasteiger partial charge in [0.1, 0.15) is 5.60 Å². The van der Waals surface area contributed by atoms with Crippen LogP contribution in [0.1, 0.15) is 45.4 Å². The highest BCUT2D eigenvalue weighted by Gasteiger charge is 2.37. The van der Waals surface area contributed by atoms with Crippen LogP contribution >= 0.6 is 0 Å². The van der Waals surface area contributed by atoms with Gasteiger partial charge in [-0.25, -0.2) is 0 Å². The maximum Gasteiger partial charge on any atom is 0.165 e. The second-order valence-corrected chi connectivity index (χ2v) is 3.59. The van der Waals surface area contributed by atoms with Crippen molar-refractivity contribution in [2.75, 3.05) is 0 Å². The Kier molecular flexibility index (Phi) is 3.50. The predicted octanol–water partition coefficient (Wildman–Crippen LogP) is 1.66. The molecule has 1 saturated carbocycles. The second-order valence-electron chi connectivity index (χ2n) is 3.59. The number of aliphatic hydroxyl groups is 1. The molecule has 1 aliphatic rings. The molecule has 1 fully saturated rings. The van der Waals surface area contributed by atoms with Crippen LogP contribution in [-0.4, -0.2) is 16.5 Å². The molecule has 0 amide bonds. The van der Waals surface area contributed by atoms with Gasteiger partial charge < -0.3 is 5.11 Å². The van der Waals surface area contributed by atoms with Crippen molar-refractivity contribution in [1.82, 2.24) is 0 Å². The Labute approximate surface area is 79.3 Å². The van der Waals surface area contributed by atoms with Gasteiger partial charge in [0.05, 0.1) is 0 Å². The van der Waals surface area contributed by atoms with Crippen LogP contribution in [0.25, 0.3) is 0 Å². The number of ketones is 1. The summed E-state index contributed by atoms with van der Waals surface area (Å²) >= 11 is 0. The lowest BCUT2D eigenvalue weighted by Crippen LogP contribution is -2.34. The fourth-order valence-electron chi connectivity index (χ4n) is 1.77. The van der Waals surface area contributed by atoms with Gasteiger partial charge in [-0.3, -0.25) is 4.79 Å². The van der Waals surface area contributed by atoms with Crippen molar-refractivity contribution in [3.05, 3.63) is 0 Å². The van der Waals surface area contributed by atoms with Gasteiger partial charge in [-0.1, -0.05) is 0 Å². The van der Waals surface area contributed by atoms with Gasteiger partial charge in [-0.05, 0) is 32.6 Å². The van der Waals surface area contributed by atoms with E-state index in [-0.39, 0.29) is 5.78 Å². The van der Waals surface area contributed by atoms with Crippen LogP contribution in [0.15, 0.2) is 0 Å². The molecule has 0 radical (unpaired) electrons. The van der Waals surface area contributed by atoms with Gasteiger partial charge in [0, 0.05) is 12.8 Å². The van der Waals surface area contributed by atoms with Crippen LogP contribution < -0.4 is 0 Å². The lowest BCUT2D eigenvalue weighted by atomic mass is 9.93. The molecule has 2 nitrogen and oxygen atoms in total. The number of hydrogen-bond acceptors (Lipinski definition) is 2. The number of hydrogen-bond donors (Lipinski definition) is 1. The van der Waals surface area contributed by atoms with Crippen molar-refractivity contribution >= 4 is 5.78 Å². The third-order valence-corrected chi connectivity index (χ3v) is 2.60. The molecule has 0 spiro atoms. The molecule has 0 atom stereocenters. The van der Waals surface area contributed by atoms with E-state index in [0.717, 1.165) is 12.8 Å². The molecule has 1 aliphatic carbocycles. The van der Waals surface area contributed by atoms with E-state index < -0.39 is 5.60 Å². The normalized spacial score (nSPS) is 19.2. The molecule has 72 valence electrons. The fraction of sp³-hybridized carbons (Fsp3) is 0.727. The topological polar surface area (TPSA) is 37.3 Å². The first-order chi connectivity index (χ1) is 6.19. The minimum Gasteiger partial charge on any atom is -0.382 e. The summed E-state index contributed by atoms with van der Waals surface area (Å²) in [5.41, 5.74) is -1.00. The van der Waals surface area contributed by atoms with Gasteiger partial charge in [0.2, 0.25) is 0 Å². The molecule has 0 aromatic heterocycles. The van der Waals surface area contributed by atoms with Crippen molar-refractivity contribution in [2.24, 2.45) is 0 Å². The van der Waals surface area contributed by atoms with Gasteiger partial charge in [0.15, 0.2) is 5.78 Å². The van der Waals surface area contributed by atoms with E-state index in [9.17, 15) is 9.90 Å². The molecular weight excluding hydrogens is 164 g/mol. The van der Waals surface area contributed by atoms with Crippen molar-refractivity contribution in [1.29, 1.82) is 0 Å². The maximum atomic E-state index is 11.5. The summed E-state index contributed by atoms with van der Waals surface area (Å²) in [5.74, 6) is 5.56. The molecule has 0 bridgehead atoms. The number of Topliss-reactive ketones (excluding diaryl/α,β-unsaturated/α-hetero) is 1. The van der Waals surface area contributed by atoms with Crippen molar-refractivity contribution in [2.45, 2.75) is 51.0 Å². The standard InChI is InChI=1S/C11H16O2/c1-2-3-4-7-10(12)11(13)8-5-6-9-11/h13H,4-9H2,1H3. The zero-order chi connectivity index (χ0) is 9.73. The minimum absolute atomic E-state index is 0.0206. The smallest absolute Gasteiger partial charge is 0.165 e. The monoisotopic (exact) mass is 180 g/mol. The first-order valence-corrected chi connectivity index (χ1v) is 4.84. The summed E-state index contributed by atoms with van der Waals surface area (Å²) in [6.07, 6.45) is 4.22. The van der Waals surface area contributed by atoms with E-state index in [1.807, 2.05) is 0 Å². The molecule has 13 heavy (non-hydrogen) atoms. The van der Waals surface area contributed by atoms with E-state index >= 15 is 0 Å². The van der Waals surface area contributed by atoms with Crippen molar-refractivity contribution in [3.8, 4) is 11.8 Å². The van der Waals surface area contributed by atoms with E-state index in [0.29, 0.717) is 25.7 Å². The third-order valence-electron chi connectivity index (χ3n) is 2.60. The van der Waals surface area contributed by atoms with Gasteiger partial charge >= 0.3 is 0 Å². The lowest BCUT2D eigenvalue weighted by molar-refractivity contribution is -0.136. The zero-order valence-corrected chi connectivity index (χ0v) is 8.10. The van der Waals surface area contributed by atoms with Crippen LogP contribution in [0.3, 0.4) is 0 Å². The average molecular weight is 180 g/mol. The molecule has 0 saturated heterocycles. The van der Waals surface area contributed by atoms with Crippen LogP contribution in [0.2, 0.25) is 0 Å². The summed E-state index contributed by atoms with van der Waals surface area (Å²) in [4.78, 5) is 11.5. The van der Waals surface area contributed by atoms with Crippen LogP contribution in [-0.2, 0) is 4.79 Å². The molecule has 1 rings (SSSR count). The summed E-state index contributed by atoms with van der Waals surface area (Å²) in [5, 5.41) is 9.86. The molecule has 1 N–H and O–H groups in total. The van der Waals surface area contributed by atoms with Gasteiger partial charge in [-0.15, -0.1) is 11.8 Å². The Balaban J connectivity index is 2.40. The van der Waals surface area contributed by atoms with Crippen molar-refractivity contribution < 1.29 is 9.90 Å². The van der Waals surface area contributed by atoms with Crippen LogP contribution in [0.5, 0.6) is 0 Å². The van der Waals surface area contributed by atoms with E-state index in [1.54, 1.807) is 6.92 Å². The lowest BCUT2D eigenvalue weighted by Gasteiger charge is -2.19. The molecule has 0 aliphatic heterocycles. The summed E-state index contributed by atoms with van der Waals surface area (Å²) in [6.45, 7) is 1.76. The maximum absolute atomic E-state index is 11.5. The molecule has 0 aromatic carbocycles. The number of carbonyl (C=O) groups excluding carboxylic acids is 1. The SMILES string of the molecule is CC#CCCC(=O)C1(O)CCCC1. The van der Waals surface area contributed by atoms with Gasteiger partial charge in [-0.2, -0.15) is 0 Å². The fourth-order valence-corrected chi connectivity index (χ4v) is 1.77. The first-order valence-electron chi connectivity index (χ1n) is 4.84. The van der Waals surface area contributed by atoms with E-state index in [2.05, 4.69) is 11.8 Å². The Bertz CT molecular complexity index is 239. The minimum atomic E-state index is -1.00. The first kappa shape index (κ1) is 10.3. The second kappa shape index (κ2) is 4.43. The highest BCUT2D eigenvalue weighted by molar-refractivity contribution is 5.87. The molecule has 0 heterocycles. The Hall–Kier alpha value is -0.810. The Morgan fingerprint density at radius 1 is 1.46 bits per heavy atom. The molecule has 2 heteroatoms. The number of carbonyl (C=O) groups is 1. The highest BCUT2D eigenvalue weighted by atomic mass is 16.3. The number of rotatable bonds is 3. The van der Waals surface area contributed by atoms with Crippen molar-refractivity contribution in [3.63, 3.8) is 0 Å². The molecule has 0 unspecified atom stereocenters. The highest BCUT2D eigenvalue weighted by Crippen LogP contribution is 2.31. The average Bonchev–Trinajstić information content (AvgIpc) is 2.54. The Morgan fingerprint density at radius 2 is 2.08 bits per heavy atom.